The maximum Gasteiger partial charge on any atom is 0.191 e. The van der Waals surface area contributed by atoms with Gasteiger partial charge in [0.15, 0.2) is 5.96 Å². The van der Waals surface area contributed by atoms with Crippen LogP contribution in [0.25, 0.3) is 0 Å². The molecule has 2 unspecified atom stereocenters. The molecule has 31 heavy (non-hydrogen) atoms. The van der Waals surface area contributed by atoms with Crippen molar-refractivity contribution in [3.8, 4) is 5.75 Å². The van der Waals surface area contributed by atoms with Crippen LogP contribution in [-0.4, -0.2) is 69.8 Å². The second-order valence-corrected chi connectivity index (χ2v) is 8.21. The highest BCUT2D eigenvalue weighted by Gasteiger charge is 2.24. The summed E-state index contributed by atoms with van der Waals surface area (Å²) < 4.78 is 5.54. The Morgan fingerprint density at radius 3 is 2.68 bits per heavy atom. The molecule has 1 heterocycles. The lowest BCUT2D eigenvalue weighted by molar-refractivity contribution is 0.292. The van der Waals surface area contributed by atoms with E-state index in [1.165, 1.54) is 25.1 Å². The number of methoxy groups -OCH3 is 1. The summed E-state index contributed by atoms with van der Waals surface area (Å²) in [6, 6.07) is 8.72. The quantitative estimate of drug-likeness (QED) is 0.234. The van der Waals surface area contributed by atoms with Crippen LogP contribution in [0.3, 0.4) is 0 Å². The number of rotatable bonds is 12. The van der Waals surface area contributed by atoms with Gasteiger partial charge in [-0.3, -0.25) is 4.99 Å². The number of guanidine groups is 1. The van der Waals surface area contributed by atoms with Gasteiger partial charge >= 0.3 is 0 Å². The molecule has 0 aliphatic carbocycles. The molecule has 0 bridgehead atoms. The van der Waals surface area contributed by atoms with Crippen molar-refractivity contribution in [3.05, 3.63) is 24.3 Å². The standard InChI is InChI=1S/C24H43N5O.HI/c1-6-25-24(27-20(4)12-11-16-28(7-2)8-3)26-18-21-15-17-29(19-21)22-13-9-10-14-23(22)30-5;/h9-10,13-14,20-21H,6-8,11-12,15-19H2,1-5H3,(H2,25,26,27);1H. The van der Waals surface area contributed by atoms with Gasteiger partial charge in [-0.2, -0.15) is 0 Å². The number of aliphatic imine (C=N–C) groups is 1. The lowest BCUT2D eigenvalue weighted by Crippen LogP contribution is -2.42. The predicted molar refractivity (Wildman–Crippen MR) is 144 cm³/mol. The molecule has 1 fully saturated rings. The van der Waals surface area contributed by atoms with Crippen LogP contribution < -0.4 is 20.3 Å². The Morgan fingerprint density at radius 2 is 2.00 bits per heavy atom. The van der Waals surface area contributed by atoms with Crippen molar-refractivity contribution in [1.29, 1.82) is 0 Å². The molecule has 1 aliphatic heterocycles. The fraction of sp³-hybridized carbons (Fsp3) is 0.708. The van der Waals surface area contributed by atoms with Gasteiger partial charge in [0.25, 0.3) is 0 Å². The number of halogens is 1. The molecule has 178 valence electrons. The molecule has 2 N–H and O–H groups in total. The van der Waals surface area contributed by atoms with Gasteiger partial charge in [0, 0.05) is 32.2 Å². The summed E-state index contributed by atoms with van der Waals surface area (Å²) in [6.07, 6.45) is 3.54. The lowest BCUT2D eigenvalue weighted by Gasteiger charge is -2.22. The summed E-state index contributed by atoms with van der Waals surface area (Å²) in [5.41, 5.74) is 1.19. The largest absolute Gasteiger partial charge is 0.495 e. The van der Waals surface area contributed by atoms with Gasteiger partial charge < -0.3 is 25.2 Å². The Morgan fingerprint density at radius 1 is 1.26 bits per heavy atom. The van der Waals surface area contributed by atoms with E-state index in [9.17, 15) is 0 Å². The zero-order chi connectivity index (χ0) is 21.8. The van der Waals surface area contributed by atoms with Gasteiger partial charge in [-0.15, -0.1) is 24.0 Å². The molecule has 1 saturated heterocycles. The fourth-order valence-corrected chi connectivity index (χ4v) is 4.10. The number of anilines is 1. The Bertz CT molecular complexity index is 638. The predicted octanol–water partition coefficient (Wildman–Crippen LogP) is 4.21. The molecule has 0 amide bonds. The molecular formula is C24H44IN5O. The number of hydrogen-bond acceptors (Lipinski definition) is 4. The van der Waals surface area contributed by atoms with Gasteiger partial charge in [-0.25, -0.2) is 0 Å². The molecule has 6 nitrogen and oxygen atoms in total. The van der Waals surface area contributed by atoms with E-state index in [0.717, 1.165) is 57.4 Å². The first-order valence-electron chi connectivity index (χ1n) is 11.8. The first-order chi connectivity index (χ1) is 14.6. The topological polar surface area (TPSA) is 52.1 Å². The molecule has 7 heteroatoms. The van der Waals surface area contributed by atoms with Crippen LogP contribution in [0, 0.1) is 5.92 Å². The van der Waals surface area contributed by atoms with E-state index in [1.807, 2.05) is 12.1 Å². The minimum absolute atomic E-state index is 0. The third-order valence-corrected chi connectivity index (χ3v) is 5.95. The molecule has 1 aromatic rings. The second kappa shape index (κ2) is 15.6. The molecule has 2 atom stereocenters. The van der Waals surface area contributed by atoms with Crippen LogP contribution in [0.2, 0.25) is 0 Å². The van der Waals surface area contributed by atoms with Gasteiger partial charge in [0.1, 0.15) is 5.75 Å². The number of nitrogens with one attached hydrogen (secondary N) is 2. The SMILES string of the molecule is CCNC(=NCC1CCN(c2ccccc2OC)C1)NC(C)CCCN(CC)CC.I. The molecular weight excluding hydrogens is 501 g/mol. The second-order valence-electron chi connectivity index (χ2n) is 8.21. The monoisotopic (exact) mass is 545 g/mol. The summed E-state index contributed by atoms with van der Waals surface area (Å²) in [6.45, 7) is 16.1. The average molecular weight is 546 g/mol. The van der Waals surface area contributed by atoms with E-state index in [2.05, 4.69) is 60.3 Å². The maximum atomic E-state index is 5.54. The third kappa shape index (κ3) is 9.43. The van der Waals surface area contributed by atoms with Crippen LogP contribution in [0.5, 0.6) is 5.75 Å². The van der Waals surface area contributed by atoms with Crippen LogP contribution >= 0.6 is 24.0 Å². The highest BCUT2D eigenvalue weighted by molar-refractivity contribution is 14.0. The number of ether oxygens (including phenoxy) is 1. The van der Waals surface area contributed by atoms with Crippen molar-refractivity contribution in [2.24, 2.45) is 10.9 Å². The summed E-state index contributed by atoms with van der Waals surface area (Å²) in [7, 11) is 1.74. The van der Waals surface area contributed by atoms with Crippen molar-refractivity contribution in [3.63, 3.8) is 0 Å². The van der Waals surface area contributed by atoms with Crippen LogP contribution in [0.4, 0.5) is 5.69 Å². The van der Waals surface area contributed by atoms with E-state index < -0.39 is 0 Å². The number of benzene rings is 1. The zero-order valence-corrected chi connectivity index (χ0v) is 22.5. The molecule has 0 spiro atoms. The van der Waals surface area contributed by atoms with E-state index in [4.69, 9.17) is 9.73 Å². The normalized spacial score (nSPS) is 17.4. The smallest absolute Gasteiger partial charge is 0.191 e. The summed E-state index contributed by atoms with van der Waals surface area (Å²) in [5, 5.41) is 7.01. The minimum atomic E-state index is 0. The Balaban J connectivity index is 0.00000480. The van der Waals surface area contributed by atoms with Gasteiger partial charge in [-0.1, -0.05) is 26.0 Å². The molecule has 2 rings (SSSR count). The Kier molecular flexibility index (Phi) is 14.0. The summed E-state index contributed by atoms with van der Waals surface area (Å²) in [4.78, 5) is 9.82. The molecule has 1 aromatic carbocycles. The number of para-hydroxylation sites is 2. The van der Waals surface area contributed by atoms with Crippen molar-refractivity contribution in [2.45, 2.75) is 53.0 Å². The summed E-state index contributed by atoms with van der Waals surface area (Å²) >= 11 is 0. The van der Waals surface area contributed by atoms with Crippen molar-refractivity contribution >= 4 is 35.6 Å². The van der Waals surface area contributed by atoms with Crippen LogP contribution in [-0.2, 0) is 0 Å². The van der Waals surface area contributed by atoms with E-state index >= 15 is 0 Å². The lowest BCUT2D eigenvalue weighted by atomic mass is 10.1. The fourth-order valence-electron chi connectivity index (χ4n) is 4.10. The summed E-state index contributed by atoms with van der Waals surface area (Å²) in [5.74, 6) is 2.47. The van der Waals surface area contributed by atoms with E-state index in [-0.39, 0.29) is 24.0 Å². The third-order valence-electron chi connectivity index (χ3n) is 5.95. The first kappa shape index (κ1) is 27.8. The van der Waals surface area contributed by atoms with Crippen molar-refractivity contribution in [1.82, 2.24) is 15.5 Å². The number of hydrogen-bond donors (Lipinski definition) is 2. The first-order valence-corrected chi connectivity index (χ1v) is 11.8. The van der Waals surface area contributed by atoms with Gasteiger partial charge in [-0.05, 0) is 70.8 Å². The van der Waals surface area contributed by atoms with Crippen LogP contribution in [0.15, 0.2) is 29.3 Å². The number of nitrogens with zero attached hydrogens (tertiary/aromatic N) is 3. The van der Waals surface area contributed by atoms with E-state index in [1.54, 1.807) is 7.11 Å². The molecule has 0 saturated carbocycles. The van der Waals surface area contributed by atoms with Crippen molar-refractivity contribution in [2.75, 3.05) is 57.8 Å². The molecule has 0 aromatic heterocycles. The van der Waals surface area contributed by atoms with E-state index in [0.29, 0.717) is 12.0 Å². The highest BCUT2D eigenvalue weighted by Crippen LogP contribution is 2.31. The van der Waals surface area contributed by atoms with Gasteiger partial charge in [0.2, 0.25) is 0 Å². The van der Waals surface area contributed by atoms with Gasteiger partial charge in [0.05, 0.1) is 12.8 Å². The Hall–Kier alpha value is -1.22. The van der Waals surface area contributed by atoms with Crippen molar-refractivity contribution < 1.29 is 4.74 Å². The minimum Gasteiger partial charge on any atom is -0.495 e. The average Bonchev–Trinajstić information content (AvgIpc) is 3.24. The Labute approximate surface area is 207 Å². The highest BCUT2D eigenvalue weighted by atomic mass is 127. The molecule has 1 aliphatic rings. The maximum absolute atomic E-state index is 5.54. The molecule has 0 radical (unpaired) electrons. The van der Waals surface area contributed by atoms with Crippen LogP contribution in [0.1, 0.15) is 47.0 Å². The zero-order valence-electron chi connectivity index (χ0n) is 20.2.